The van der Waals surface area contributed by atoms with Gasteiger partial charge in [0.1, 0.15) is 5.82 Å². The fourth-order valence-corrected chi connectivity index (χ4v) is 1.97. The number of rotatable bonds is 8. The van der Waals surface area contributed by atoms with Crippen molar-refractivity contribution in [1.29, 1.82) is 0 Å². The van der Waals surface area contributed by atoms with Gasteiger partial charge in [0.05, 0.1) is 6.61 Å². The quantitative estimate of drug-likeness (QED) is 0.711. The zero-order valence-corrected chi connectivity index (χ0v) is 12.1. The van der Waals surface area contributed by atoms with E-state index in [1.807, 2.05) is 21.0 Å². The van der Waals surface area contributed by atoms with Crippen molar-refractivity contribution < 1.29 is 9.50 Å². The molecular weight excluding hydrogens is 243 g/mol. The van der Waals surface area contributed by atoms with Gasteiger partial charge in [0.15, 0.2) is 0 Å². The molecule has 108 valence electrons. The Morgan fingerprint density at radius 1 is 1.26 bits per heavy atom. The Hall–Kier alpha value is -1.13. The third kappa shape index (κ3) is 5.17. The van der Waals surface area contributed by atoms with E-state index in [-0.39, 0.29) is 18.0 Å². The second-order valence-corrected chi connectivity index (χ2v) is 5.32. The second-order valence-electron chi connectivity index (χ2n) is 5.32. The summed E-state index contributed by atoms with van der Waals surface area (Å²) >= 11 is 0. The van der Waals surface area contributed by atoms with Crippen molar-refractivity contribution in [2.24, 2.45) is 0 Å². The molecule has 0 fully saturated rings. The molecule has 0 bridgehead atoms. The summed E-state index contributed by atoms with van der Waals surface area (Å²) in [5.41, 5.74) is 0.842. The molecule has 1 aromatic rings. The lowest BCUT2D eigenvalue weighted by Gasteiger charge is -2.27. The fraction of sp³-hybridized carbons (Fsp3) is 0.600. The highest BCUT2D eigenvalue weighted by atomic mass is 19.1. The van der Waals surface area contributed by atoms with E-state index in [9.17, 15) is 9.50 Å². The zero-order chi connectivity index (χ0) is 14.3. The van der Waals surface area contributed by atoms with E-state index < -0.39 is 0 Å². The number of unbranched alkanes of at least 4 members (excludes halogenated alkanes) is 1. The molecule has 0 aromatic heterocycles. The SMILES string of the molecule is CNC(C)(CO)CCCCN(C)c1ccc(F)cc1. The first-order valence-electron chi connectivity index (χ1n) is 6.77. The highest BCUT2D eigenvalue weighted by Crippen LogP contribution is 2.16. The molecule has 1 atom stereocenters. The number of nitrogens with one attached hydrogen (secondary N) is 1. The number of anilines is 1. The minimum atomic E-state index is -0.204. The predicted molar refractivity (Wildman–Crippen MR) is 78.1 cm³/mol. The molecular formula is C15H25FN2O. The summed E-state index contributed by atoms with van der Waals surface area (Å²) in [6.45, 7) is 3.10. The van der Waals surface area contributed by atoms with Crippen LogP contribution >= 0.6 is 0 Å². The standard InChI is InChI=1S/C15H25FN2O/c1-15(12-19,17-2)10-4-5-11-18(3)14-8-6-13(16)7-9-14/h6-9,17,19H,4-5,10-12H2,1-3H3. The maximum atomic E-state index is 12.8. The van der Waals surface area contributed by atoms with Crippen LogP contribution in [0.5, 0.6) is 0 Å². The fourth-order valence-electron chi connectivity index (χ4n) is 1.97. The van der Waals surface area contributed by atoms with Gasteiger partial charge in [-0.05, 0) is 57.5 Å². The van der Waals surface area contributed by atoms with Crippen LogP contribution in [0.4, 0.5) is 10.1 Å². The summed E-state index contributed by atoms with van der Waals surface area (Å²) in [7, 11) is 3.89. The topological polar surface area (TPSA) is 35.5 Å². The highest BCUT2D eigenvalue weighted by Gasteiger charge is 2.19. The van der Waals surface area contributed by atoms with E-state index in [0.717, 1.165) is 31.5 Å². The van der Waals surface area contributed by atoms with Gasteiger partial charge >= 0.3 is 0 Å². The average molecular weight is 268 g/mol. The van der Waals surface area contributed by atoms with Crippen molar-refractivity contribution in [3.8, 4) is 0 Å². The van der Waals surface area contributed by atoms with E-state index in [0.29, 0.717) is 0 Å². The number of likely N-dealkylation sites (N-methyl/N-ethyl adjacent to an activating group) is 1. The van der Waals surface area contributed by atoms with Crippen LogP contribution in [-0.2, 0) is 0 Å². The van der Waals surface area contributed by atoms with Gasteiger partial charge in [-0.15, -0.1) is 0 Å². The molecule has 0 saturated heterocycles. The Bertz CT molecular complexity index is 363. The molecule has 0 heterocycles. The lowest BCUT2D eigenvalue weighted by molar-refractivity contribution is 0.171. The van der Waals surface area contributed by atoms with Crippen molar-refractivity contribution in [3.05, 3.63) is 30.1 Å². The molecule has 1 unspecified atom stereocenters. The van der Waals surface area contributed by atoms with Crippen LogP contribution in [0.3, 0.4) is 0 Å². The molecule has 2 N–H and O–H groups in total. The Morgan fingerprint density at radius 3 is 2.42 bits per heavy atom. The molecule has 0 saturated carbocycles. The van der Waals surface area contributed by atoms with Crippen LogP contribution < -0.4 is 10.2 Å². The van der Waals surface area contributed by atoms with Gasteiger partial charge in [-0.1, -0.05) is 0 Å². The largest absolute Gasteiger partial charge is 0.394 e. The molecule has 1 rings (SSSR count). The van der Waals surface area contributed by atoms with Gasteiger partial charge in [0.25, 0.3) is 0 Å². The van der Waals surface area contributed by atoms with E-state index in [2.05, 4.69) is 10.2 Å². The van der Waals surface area contributed by atoms with Crippen LogP contribution in [0.25, 0.3) is 0 Å². The molecule has 0 spiro atoms. The van der Waals surface area contributed by atoms with Crippen LogP contribution in [0.2, 0.25) is 0 Å². The maximum Gasteiger partial charge on any atom is 0.123 e. The summed E-state index contributed by atoms with van der Waals surface area (Å²) < 4.78 is 12.8. The van der Waals surface area contributed by atoms with Gasteiger partial charge in [-0.25, -0.2) is 4.39 Å². The number of aliphatic hydroxyl groups excluding tert-OH is 1. The molecule has 0 aliphatic rings. The van der Waals surface area contributed by atoms with Gasteiger partial charge in [-0.3, -0.25) is 0 Å². The van der Waals surface area contributed by atoms with Crippen molar-refractivity contribution in [3.63, 3.8) is 0 Å². The van der Waals surface area contributed by atoms with E-state index in [1.54, 1.807) is 12.1 Å². The first-order valence-corrected chi connectivity index (χ1v) is 6.77. The van der Waals surface area contributed by atoms with Gasteiger partial charge in [0.2, 0.25) is 0 Å². The monoisotopic (exact) mass is 268 g/mol. The third-order valence-corrected chi connectivity index (χ3v) is 3.69. The van der Waals surface area contributed by atoms with Gasteiger partial charge < -0.3 is 15.3 Å². The highest BCUT2D eigenvalue weighted by molar-refractivity contribution is 5.45. The number of aliphatic hydroxyl groups is 1. The molecule has 4 heteroatoms. The van der Waals surface area contributed by atoms with Crippen LogP contribution in [0.1, 0.15) is 26.2 Å². The minimum absolute atomic E-state index is 0.150. The summed E-state index contributed by atoms with van der Waals surface area (Å²) in [4.78, 5) is 2.12. The molecule has 1 aromatic carbocycles. The second kappa shape index (κ2) is 7.46. The van der Waals surface area contributed by atoms with Crippen LogP contribution in [0.15, 0.2) is 24.3 Å². The zero-order valence-electron chi connectivity index (χ0n) is 12.1. The van der Waals surface area contributed by atoms with E-state index in [4.69, 9.17) is 0 Å². The van der Waals surface area contributed by atoms with Gasteiger partial charge in [0, 0.05) is 24.8 Å². The van der Waals surface area contributed by atoms with E-state index >= 15 is 0 Å². The number of halogens is 1. The Kier molecular flexibility index (Phi) is 6.25. The summed E-state index contributed by atoms with van der Waals surface area (Å²) in [5, 5.41) is 12.4. The summed E-state index contributed by atoms with van der Waals surface area (Å²) in [5.74, 6) is -0.204. The Labute approximate surface area is 115 Å². The lowest BCUT2D eigenvalue weighted by Crippen LogP contribution is -2.43. The molecule has 3 nitrogen and oxygen atoms in total. The first-order chi connectivity index (χ1) is 9.00. The number of benzene rings is 1. The van der Waals surface area contributed by atoms with Crippen LogP contribution in [-0.4, -0.2) is 37.9 Å². The maximum absolute atomic E-state index is 12.8. The van der Waals surface area contributed by atoms with Crippen molar-refractivity contribution in [1.82, 2.24) is 5.32 Å². The molecule has 0 radical (unpaired) electrons. The molecule has 0 amide bonds. The van der Waals surface area contributed by atoms with Gasteiger partial charge in [-0.2, -0.15) is 0 Å². The van der Waals surface area contributed by atoms with Crippen molar-refractivity contribution in [2.75, 3.05) is 32.1 Å². The Balaban J connectivity index is 2.31. The summed E-state index contributed by atoms with van der Waals surface area (Å²) in [6.07, 6.45) is 3.03. The number of hydrogen-bond donors (Lipinski definition) is 2. The first kappa shape index (κ1) is 15.9. The minimum Gasteiger partial charge on any atom is -0.394 e. The predicted octanol–water partition coefficient (Wildman–Crippen LogP) is 2.40. The number of nitrogens with zero attached hydrogens (tertiary/aromatic N) is 1. The smallest absolute Gasteiger partial charge is 0.123 e. The Morgan fingerprint density at radius 2 is 1.89 bits per heavy atom. The third-order valence-electron chi connectivity index (χ3n) is 3.69. The van der Waals surface area contributed by atoms with E-state index in [1.165, 1.54) is 12.1 Å². The summed E-state index contributed by atoms with van der Waals surface area (Å²) in [6, 6.07) is 6.55. The molecule has 19 heavy (non-hydrogen) atoms. The molecule has 0 aliphatic carbocycles. The number of hydrogen-bond acceptors (Lipinski definition) is 3. The molecule has 0 aliphatic heterocycles. The normalized spacial score (nSPS) is 14.2. The lowest BCUT2D eigenvalue weighted by atomic mass is 9.96. The van der Waals surface area contributed by atoms with Crippen molar-refractivity contribution >= 4 is 5.69 Å². The average Bonchev–Trinajstić information content (AvgIpc) is 2.44. The van der Waals surface area contributed by atoms with Crippen LogP contribution in [0, 0.1) is 5.82 Å². The van der Waals surface area contributed by atoms with Crippen molar-refractivity contribution in [2.45, 2.75) is 31.7 Å².